The summed E-state index contributed by atoms with van der Waals surface area (Å²) in [5.41, 5.74) is 6.43. The zero-order valence-corrected chi connectivity index (χ0v) is 25.1. The number of halogens is 1. The number of nitrogens with two attached hydrogens (primary N) is 1. The van der Waals surface area contributed by atoms with Gasteiger partial charge < -0.3 is 25.7 Å². The van der Waals surface area contributed by atoms with Gasteiger partial charge in [-0.1, -0.05) is 51.2 Å². The van der Waals surface area contributed by atoms with E-state index in [0.717, 1.165) is 16.2 Å². The van der Waals surface area contributed by atoms with Crippen molar-refractivity contribution in [3.05, 3.63) is 26.8 Å². The van der Waals surface area contributed by atoms with Crippen LogP contribution in [0, 0.1) is 0 Å². The number of hydrogen-bond donors (Lipinski definition) is 3. The molecule has 1 fully saturated rings. The number of nitrogens with zero attached hydrogens (tertiary/aromatic N) is 5. The molecule has 4 rings (SSSR count). The maximum absolute atomic E-state index is 13.3. The van der Waals surface area contributed by atoms with Crippen LogP contribution in [-0.4, -0.2) is 89.8 Å². The van der Waals surface area contributed by atoms with Gasteiger partial charge >= 0.3 is 11.9 Å². The number of anilines is 1. The molecule has 40 heavy (non-hydrogen) atoms. The highest BCUT2D eigenvalue weighted by atomic mass is 35.5. The van der Waals surface area contributed by atoms with Crippen molar-refractivity contribution >= 4 is 92.4 Å². The van der Waals surface area contributed by atoms with Crippen LogP contribution in [0.4, 0.5) is 5.13 Å². The molecule has 2 atom stereocenters. The molecule has 2 aromatic rings. The largest absolute Gasteiger partial charge is 0.477 e. The number of carbonyl (C=O) groups is 4. The second-order valence-corrected chi connectivity index (χ2v) is 13.9. The number of esters is 1. The maximum atomic E-state index is 13.3. The molecule has 4 heterocycles. The zero-order valence-electron chi connectivity index (χ0n) is 21.1. The lowest BCUT2D eigenvalue weighted by molar-refractivity contribution is -0.160. The standard InChI is InChI=1S/C21H22ClN7O7S4/c1-21(2,3)36-9(30)4-35-28-11(10-14(22)40-19(23)26-10)15(31)25-12-16(32)29-13(18(33)34)8(5-37-17(12)29)6-38-20-27-24-7-39-20/h7,12,17H,4-6H2,1-3H3,(H2,23,26)(H,25,31)(H,33,34)/t12?,17-/m0/s1. The van der Waals surface area contributed by atoms with Gasteiger partial charge in [-0.3, -0.25) is 14.5 Å². The number of fused-ring (bicyclic) bond motifs is 1. The lowest BCUT2D eigenvalue weighted by Gasteiger charge is -2.49. The highest BCUT2D eigenvalue weighted by Gasteiger charge is 2.54. The van der Waals surface area contributed by atoms with Crippen LogP contribution < -0.4 is 11.1 Å². The number of oxime groups is 1. The summed E-state index contributed by atoms with van der Waals surface area (Å²) in [6.45, 7) is 4.43. The van der Waals surface area contributed by atoms with E-state index in [2.05, 4.69) is 25.7 Å². The van der Waals surface area contributed by atoms with E-state index in [0.29, 0.717) is 21.4 Å². The molecule has 14 nitrogen and oxygen atoms in total. The minimum absolute atomic E-state index is 0.0366. The molecule has 0 bridgehead atoms. The number of aliphatic carboxylic acids is 1. The Hall–Kier alpha value is -2.93. The first-order valence-electron chi connectivity index (χ1n) is 11.3. The lowest BCUT2D eigenvalue weighted by atomic mass is 10.0. The molecule has 0 spiro atoms. The molecule has 4 N–H and O–H groups in total. The quantitative estimate of drug-likeness (QED) is 0.111. The second-order valence-electron chi connectivity index (χ2n) is 9.09. The third-order valence-corrected chi connectivity index (χ3v) is 9.42. The van der Waals surface area contributed by atoms with Gasteiger partial charge in [0.05, 0.1) is 0 Å². The summed E-state index contributed by atoms with van der Waals surface area (Å²) >= 11 is 11.0. The number of ether oxygens (including phenoxy) is 1. The van der Waals surface area contributed by atoms with Crippen LogP contribution >= 0.6 is 57.8 Å². The molecule has 1 saturated heterocycles. The molecule has 0 saturated carbocycles. The van der Waals surface area contributed by atoms with Gasteiger partial charge in [-0.15, -0.1) is 22.0 Å². The average Bonchev–Trinajstić information content (AvgIpc) is 3.50. The van der Waals surface area contributed by atoms with Gasteiger partial charge in [-0.25, -0.2) is 14.6 Å². The molecule has 19 heteroatoms. The normalized spacial score (nSPS) is 19.1. The first kappa shape index (κ1) is 30.0. The fraction of sp³-hybridized carbons (Fsp3) is 0.429. The van der Waals surface area contributed by atoms with Gasteiger partial charge in [0.2, 0.25) is 6.61 Å². The molecule has 2 aliphatic rings. The smallest absolute Gasteiger partial charge is 0.352 e. The predicted octanol–water partition coefficient (Wildman–Crippen LogP) is 1.82. The van der Waals surface area contributed by atoms with E-state index >= 15 is 0 Å². The predicted molar refractivity (Wildman–Crippen MR) is 150 cm³/mol. The van der Waals surface area contributed by atoms with Crippen LogP contribution in [0.3, 0.4) is 0 Å². The highest BCUT2D eigenvalue weighted by molar-refractivity contribution is 8.01. The molecule has 1 unspecified atom stereocenters. The third kappa shape index (κ3) is 6.85. The van der Waals surface area contributed by atoms with Crippen molar-refractivity contribution in [1.29, 1.82) is 0 Å². The van der Waals surface area contributed by atoms with Crippen molar-refractivity contribution in [2.24, 2.45) is 5.16 Å². The summed E-state index contributed by atoms with van der Waals surface area (Å²) in [6.07, 6.45) is 0. The van der Waals surface area contributed by atoms with Crippen LogP contribution in [0.2, 0.25) is 4.34 Å². The average molecular weight is 648 g/mol. The first-order chi connectivity index (χ1) is 18.9. The highest BCUT2D eigenvalue weighted by Crippen LogP contribution is 2.41. The van der Waals surface area contributed by atoms with Crippen LogP contribution in [0.1, 0.15) is 26.5 Å². The number of nitrogen functional groups attached to an aromatic ring is 1. The summed E-state index contributed by atoms with van der Waals surface area (Å²) in [6, 6.07) is -1.06. The molecule has 0 radical (unpaired) electrons. The van der Waals surface area contributed by atoms with Crippen molar-refractivity contribution in [2.45, 2.75) is 42.1 Å². The Morgan fingerprint density at radius 1 is 1.38 bits per heavy atom. The van der Waals surface area contributed by atoms with Crippen LogP contribution in [0.15, 0.2) is 26.3 Å². The van der Waals surface area contributed by atoms with Crippen LogP contribution in [-0.2, 0) is 28.8 Å². The Balaban J connectivity index is 1.49. The topological polar surface area (TPSA) is 199 Å². The molecule has 2 amide bonds. The van der Waals surface area contributed by atoms with Gasteiger partial charge in [0.15, 0.2) is 15.2 Å². The number of carboxylic acids is 1. The lowest BCUT2D eigenvalue weighted by Crippen LogP contribution is -2.71. The Morgan fingerprint density at radius 3 is 2.73 bits per heavy atom. The van der Waals surface area contributed by atoms with Crippen molar-refractivity contribution in [1.82, 2.24) is 25.4 Å². The summed E-state index contributed by atoms with van der Waals surface area (Å²) < 4.78 is 5.86. The number of carboxylic acid groups (broad SMARTS) is 1. The van der Waals surface area contributed by atoms with Gasteiger partial charge in [-0.2, -0.15) is 0 Å². The number of rotatable bonds is 10. The third-order valence-electron chi connectivity index (χ3n) is 5.05. The number of aromatic nitrogens is 3. The van der Waals surface area contributed by atoms with E-state index in [1.807, 2.05) is 0 Å². The van der Waals surface area contributed by atoms with Crippen molar-refractivity contribution < 1.29 is 33.9 Å². The molecular weight excluding hydrogens is 626 g/mol. The minimum atomic E-state index is -1.25. The Labute approximate surface area is 248 Å². The molecule has 214 valence electrons. The maximum Gasteiger partial charge on any atom is 0.352 e. The number of carbonyl (C=O) groups excluding carboxylic acids is 3. The van der Waals surface area contributed by atoms with E-state index < -0.39 is 53.1 Å². The Morgan fingerprint density at radius 2 is 2.12 bits per heavy atom. The number of nitrogens with one attached hydrogen (secondary N) is 1. The summed E-state index contributed by atoms with van der Waals surface area (Å²) in [5, 5.41) is 23.2. The Kier molecular flexibility index (Phi) is 9.23. The number of β-lactam (4-membered cyclic amide) rings is 1. The van der Waals surface area contributed by atoms with E-state index in [4.69, 9.17) is 26.9 Å². The molecule has 0 aromatic carbocycles. The number of thiazole rings is 1. The minimum Gasteiger partial charge on any atom is -0.477 e. The first-order valence-corrected chi connectivity index (χ1v) is 15.4. The van der Waals surface area contributed by atoms with Gasteiger partial charge in [-0.05, 0) is 26.3 Å². The van der Waals surface area contributed by atoms with E-state index in [-0.39, 0.29) is 20.9 Å². The van der Waals surface area contributed by atoms with Gasteiger partial charge in [0, 0.05) is 11.5 Å². The van der Waals surface area contributed by atoms with Crippen LogP contribution in [0.5, 0.6) is 0 Å². The molecular formula is C21H22ClN7O7S4. The SMILES string of the molecule is CC(C)(C)OC(=O)CON=C(C(=O)NC1C(=O)N2C(C(=O)O)=C(CSc3nncs3)CS[C@@H]12)c1nc(N)sc1Cl. The number of hydrogen-bond acceptors (Lipinski definition) is 15. The van der Waals surface area contributed by atoms with E-state index in [1.165, 1.54) is 34.9 Å². The van der Waals surface area contributed by atoms with Gasteiger partial charge in [0.1, 0.15) is 38.3 Å². The van der Waals surface area contributed by atoms with Crippen molar-refractivity contribution in [3.63, 3.8) is 0 Å². The second kappa shape index (κ2) is 12.3. The van der Waals surface area contributed by atoms with Crippen molar-refractivity contribution in [2.75, 3.05) is 23.8 Å². The molecule has 0 aliphatic carbocycles. The monoisotopic (exact) mass is 647 g/mol. The molecule has 2 aliphatic heterocycles. The Bertz CT molecular complexity index is 1390. The van der Waals surface area contributed by atoms with Gasteiger partial charge in [0.25, 0.3) is 11.8 Å². The van der Waals surface area contributed by atoms with Crippen molar-refractivity contribution in [3.8, 4) is 0 Å². The fourth-order valence-corrected chi connectivity index (χ4v) is 7.46. The number of amides is 2. The summed E-state index contributed by atoms with van der Waals surface area (Å²) in [7, 11) is 0. The molecule has 2 aromatic heterocycles. The summed E-state index contributed by atoms with van der Waals surface area (Å²) in [4.78, 5) is 60.6. The van der Waals surface area contributed by atoms with E-state index in [1.54, 1.807) is 26.3 Å². The zero-order chi connectivity index (χ0) is 29.2. The van der Waals surface area contributed by atoms with E-state index in [9.17, 15) is 24.3 Å². The summed E-state index contributed by atoms with van der Waals surface area (Å²) in [5.74, 6) is -2.84. The fourth-order valence-electron chi connectivity index (χ4n) is 3.55. The number of thioether (sulfide) groups is 2. The van der Waals surface area contributed by atoms with Crippen LogP contribution in [0.25, 0.3) is 0 Å².